The van der Waals surface area contributed by atoms with Crippen molar-refractivity contribution >= 4 is 5.95 Å². The number of nitrogens with one attached hydrogen (secondary N) is 1. The lowest BCUT2D eigenvalue weighted by molar-refractivity contribution is 0.393. The molecule has 1 N–H and O–H groups in total. The summed E-state index contributed by atoms with van der Waals surface area (Å²) in [4.78, 5) is 4.16. The van der Waals surface area contributed by atoms with E-state index in [9.17, 15) is 0 Å². The highest BCUT2D eigenvalue weighted by Gasteiger charge is 2.09. The van der Waals surface area contributed by atoms with Crippen LogP contribution in [0, 0.1) is 0 Å². The summed E-state index contributed by atoms with van der Waals surface area (Å²) < 4.78 is 6.86. The zero-order valence-electron chi connectivity index (χ0n) is 11.5. The van der Waals surface area contributed by atoms with Gasteiger partial charge in [-0.2, -0.15) is 4.68 Å². The normalized spacial score (nSPS) is 10.3. The first-order valence-corrected chi connectivity index (χ1v) is 6.44. The predicted molar refractivity (Wildman–Crippen MR) is 77.3 cm³/mol. The van der Waals surface area contributed by atoms with Gasteiger partial charge in [0.15, 0.2) is 0 Å². The summed E-state index contributed by atoms with van der Waals surface area (Å²) in [6.45, 7) is 0.518. The number of hydrogen-bond donors (Lipinski definition) is 1. The Bertz CT molecular complexity index is 712. The van der Waals surface area contributed by atoms with Crippen molar-refractivity contribution in [2.24, 2.45) is 0 Å². The number of aromatic nitrogens is 5. The minimum atomic E-state index is 0.518. The zero-order chi connectivity index (χ0) is 14.5. The maximum atomic E-state index is 5.22. The van der Waals surface area contributed by atoms with E-state index in [1.165, 1.54) is 0 Å². The molecule has 0 bridgehead atoms. The fourth-order valence-corrected chi connectivity index (χ4v) is 1.96. The lowest BCUT2D eigenvalue weighted by Gasteiger charge is -2.09. The van der Waals surface area contributed by atoms with Crippen LogP contribution < -0.4 is 10.1 Å². The second kappa shape index (κ2) is 6.00. The number of rotatable bonds is 5. The summed E-state index contributed by atoms with van der Waals surface area (Å²) in [7, 11) is 1.60. The van der Waals surface area contributed by atoms with E-state index < -0.39 is 0 Å². The summed E-state index contributed by atoms with van der Waals surface area (Å²) >= 11 is 0. The largest absolute Gasteiger partial charge is 0.481 e. The number of ether oxygens (including phenoxy) is 1. The summed E-state index contributed by atoms with van der Waals surface area (Å²) in [5.74, 6) is 1.15. The van der Waals surface area contributed by atoms with Crippen molar-refractivity contribution in [2.45, 2.75) is 6.54 Å². The lowest BCUT2D eigenvalue weighted by Crippen LogP contribution is -2.08. The molecule has 3 rings (SSSR count). The fraction of sp³-hybridized carbons (Fsp3) is 0.143. The zero-order valence-corrected chi connectivity index (χ0v) is 11.5. The molecule has 0 radical (unpaired) electrons. The molecule has 3 aromatic rings. The molecular formula is C14H14N6O. The van der Waals surface area contributed by atoms with Gasteiger partial charge in [0.2, 0.25) is 11.8 Å². The van der Waals surface area contributed by atoms with E-state index in [4.69, 9.17) is 4.74 Å². The van der Waals surface area contributed by atoms with Crippen molar-refractivity contribution < 1.29 is 4.74 Å². The van der Waals surface area contributed by atoms with Crippen LogP contribution in [0.25, 0.3) is 5.69 Å². The Kier molecular flexibility index (Phi) is 3.72. The van der Waals surface area contributed by atoms with E-state index in [0.717, 1.165) is 11.3 Å². The molecule has 0 aliphatic carbocycles. The van der Waals surface area contributed by atoms with Crippen molar-refractivity contribution in [1.82, 2.24) is 25.2 Å². The molecule has 0 saturated heterocycles. The molecule has 0 atom stereocenters. The number of anilines is 1. The Hall–Kier alpha value is -2.96. The van der Waals surface area contributed by atoms with Crippen LogP contribution in [0.2, 0.25) is 0 Å². The van der Waals surface area contributed by atoms with Crippen molar-refractivity contribution in [1.29, 1.82) is 0 Å². The fourth-order valence-electron chi connectivity index (χ4n) is 1.96. The Labute approximate surface area is 121 Å². The van der Waals surface area contributed by atoms with Crippen LogP contribution in [0.4, 0.5) is 5.95 Å². The average molecular weight is 282 g/mol. The first-order chi connectivity index (χ1) is 10.4. The minimum Gasteiger partial charge on any atom is -0.481 e. The van der Waals surface area contributed by atoms with E-state index >= 15 is 0 Å². The number of benzene rings is 1. The summed E-state index contributed by atoms with van der Waals surface area (Å²) in [5.41, 5.74) is 1.82. The third kappa shape index (κ3) is 2.81. The molecule has 21 heavy (non-hydrogen) atoms. The van der Waals surface area contributed by atoms with Crippen molar-refractivity contribution in [3.8, 4) is 11.6 Å². The van der Waals surface area contributed by atoms with Gasteiger partial charge >= 0.3 is 0 Å². The number of nitrogens with zero attached hydrogens (tertiary/aromatic N) is 5. The first kappa shape index (κ1) is 13.0. The highest BCUT2D eigenvalue weighted by molar-refractivity contribution is 5.39. The Morgan fingerprint density at radius 1 is 1.14 bits per heavy atom. The molecule has 1 aromatic carbocycles. The van der Waals surface area contributed by atoms with Gasteiger partial charge < -0.3 is 10.1 Å². The van der Waals surface area contributed by atoms with E-state index in [2.05, 4.69) is 25.8 Å². The van der Waals surface area contributed by atoms with E-state index in [1.54, 1.807) is 18.0 Å². The van der Waals surface area contributed by atoms with Gasteiger partial charge in [-0.15, -0.1) is 0 Å². The molecule has 0 spiro atoms. The van der Waals surface area contributed by atoms with Crippen LogP contribution in [-0.4, -0.2) is 32.3 Å². The van der Waals surface area contributed by atoms with Crippen LogP contribution in [0.15, 0.2) is 48.7 Å². The molecule has 7 nitrogen and oxygen atoms in total. The van der Waals surface area contributed by atoms with Gasteiger partial charge in [-0.1, -0.05) is 29.4 Å². The number of methoxy groups -OCH3 is 1. The second-order valence-corrected chi connectivity index (χ2v) is 4.28. The average Bonchev–Trinajstić information content (AvgIpc) is 3.02. The number of tetrazole rings is 1. The van der Waals surface area contributed by atoms with Gasteiger partial charge in [0.1, 0.15) is 0 Å². The molecule has 106 valence electrons. The third-order valence-corrected chi connectivity index (χ3v) is 2.95. The molecule has 0 unspecified atom stereocenters. The van der Waals surface area contributed by atoms with E-state index in [-0.39, 0.29) is 0 Å². The topological polar surface area (TPSA) is 77.8 Å². The molecular weight excluding hydrogens is 268 g/mol. The summed E-state index contributed by atoms with van der Waals surface area (Å²) in [6, 6.07) is 13.5. The molecule has 0 aliphatic heterocycles. The summed E-state index contributed by atoms with van der Waals surface area (Å²) in [6.07, 6.45) is 1.69. The predicted octanol–water partition coefficient (Wildman–Crippen LogP) is 1.68. The van der Waals surface area contributed by atoms with Gasteiger partial charge in [0.05, 0.1) is 12.8 Å². The third-order valence-electron chi connectivity index (χ3n) is 2.95. The molecule has 0 amide bonds. The van der Waals surface area contributed by atoms with Gasteiger partial charge in [-0.05, 0) is 28.6 Å². The first-order valence-electron chi connectivity index (χ1n) is 6.44. The highest BCUT2D eigenvalue weighted by Crippen LogP contribution is 2.16. The van der Waals surface area contributed by atoms with Gasteiger partial charge in [0, 0.05) is 18.3 Å². The van der Waals surface area contributed by atoms with Gasteiger partial charge in [-0.3, -0.25) is 0 Å². The van der Waals surface area contributed by atoms with Crippen molar-refractivity contribution in [3.63, 3.8) is 0 Å². The standard InChI is InChI=1S/C14H14N6O/c1-21-13-11(6-5-9-15-13)10-16-14-17-18-19-20(14)12-7-3-2-4-8-12/h2-9H,10H2,1H3,(H,16,17,19). The maximum absolute atomic E-state index is 5.22. The van der Waals surface area contributed by atoms with Crippen LogP contribution in [0.1, 0.15) is 5.56 Å². The Balaban J connectivity index is 1.79. The van der Waals surface area contributed by atoms with E-state index in [0.29, 0.717) is 18.4 Å². The Morgan fingerprint density at radius 2 is 2.00 bits per heavy atom. The second-order valence-electron chi connectivity index (χ2n) is 4.28. The van der Waals surface area contributed by atoms with E-state index in [1.807, 2.05) is 42.5 Å². The number of para-hydroxylation sites is 1. The minimum absolute atomic E-state index is 0.518. The SMILES string of the molecule is COc1ncccc1CNc1nnnn1-c1ccccc1. The number of pyridine rings is 1. The van der Waals surface area contributed by atoms with Crippen LogP contribution >= 0.6 is 0 Å². The van der Waals surface area contributed by atoms with Crippen LogP contribution in [0.3, 0.4) is 0 Å². The maximum Gasteiger partial charge on any atom is 0.248 e. The molecule has 0 aliphatic rings. The molecule has 7 heteroatoms. The summed E-state index contributed by atoms with van der Waals surface area (Å²) in [5, 5.41) is 14.9. The van der Waals surface area contributed by atoms with Crippen molar-refractivity contribution in [3.05, 3.63) is 54.2 Å². The van der Waals surface area contributed by atoms with Gasteiger partial charge in [0.25, 0.3) is 0 Å². The number of hydrogen-bond acceptors (Lipinski definition) is 6. The Morgan fingerprint density at radius 3 is 2.81 bits per heavy atom. The van der Waals surface area contributed by atoms with Gasteiger partial charge in [-0.25, -0.2) is 4.98 Å². The van der Waals surface area contributed by atoms with Crippen molar-refractivity contribution in [2.75, 3.05) is 12.4 Å². The molecule has 2 aromatic heterocycles. The molecule has 0 saturated carbocycles. The molecule has 0 fully saturated rings. The lowest BCUT2D eigenvalue weighted by atomic mass is 10.2. The quantitative estimate of drug-likeness (QED) is 0.767. The monoisotopic (exact) mass is 282 g/mol. The van der Waals surface area contributed by atoms with Crippen LogP contribution in [0.5, 0.6) is 5.88 Å². The highest BCUT2D eigenvalue weighted by atomic mass is 16.5. The molecule has 2 heterocycles. The van der Waals surface area contributed by atoms with Crippen LogP contribution in [-0.2, 0) is 6.54 Å². The smallest absolute Gasteiger partial charge is 0.248 e.